The second kappa shape index (κ2) is 7.03. The minimum absolute atomic E-state index is 0.201. The molecule has 0 aliphatic rings. The molecule has 0 aliphatic carbocycles. The van der Waals surface area contributed by atoms with E-state index in [1.165, 1.54) is 0 Å². The van der Waals surface area contributed by atoms with Crippen LogP contribution in [-0.2, 0) is 28.9 Å². The molecule has 0 bridgehead atoms. The fourth-order valence-electron chi connectivity index (χ4n) is 1.41. The van der Waals surface area contributed by atoms with E-state index in [0.717, 1.165) is 44.8 Å². The monoisotopic (exact) mass is 331 g/mol. The van der Waals surface area contributed by atoms with Gasteiger partial charge in [0, 0.05) is 6.26 Å². The van der Waals surface area contributed by atoms with E-state index in [9.17, 15) is 22.4 Å². The van der Waals surface area contributed by atoms with Gasteiger partial charge in [-0.05, 0) is 18.2 Å². The highest BCUT2D eigenvalue weighted by atomic mass is 32.2. The average Bonchev–Trinajstić information content (AvgIpc) is 2.46. The van der Waals surface area contributed by atoms with Crippen LogP contribution in [0.4, 0.5) is 10.1 Å². The fraction of sp³-hybridized carbons (Fsp3) is 0.231. The van der Waals surface area contributed by atoms with E-state index >= 15 is 0 Å². The van der Waals surface area contributed by atoms with Crippen LogP contribution in [0.15, 0.2) is 34.9 Å². The third-order valence-corrected chi connectivity index (χ3v) is 3.62. The molecule has 1 aromatic rings. The molecule has 1 rings (SSSR count). The Balaban J connectivity index is 3.17. The number of hydrogen-bond donors (Lipinski definition) is 1. The lowest BCUT2D eigenvalue weighted by molar-refractivity contribution is -0.138. The van der Waals surface area contributed by atoms with Crippen molar-refractivity contribution in [3.8, 4) is 0 Å². The highest BCUT2D eigenvalue weighted by molar-refractivity contribution is 7.90. The summed E-state index contributed by atoms with van der Waals surface area (Å²) in [6.45, 7) is 0. The number of anilines is 1. The molecule has 0 radical (unpaired) electrons. The van der Waals surface area contributed by atoms with Gasteiger partial charge in [-0.3, -0.25) is 0 Å². The average molecular weight is 331 g/mol. The predicted octanol–water partition coefficient (Wildman–Crippen LogP) is 0.871. The molecule has 0 fully saturated rings. The van der Waals surface area contributed by atoms with Crippen molar-refractivity contribution in [2.75, 3.05) is 25.8 Å². The molecule has 0 saturated carbocycles. The molecule has 22 heavy (non-hydrogen) atoms. The largest absolute Gasteiger partial charge is 0.466 e. The molecule has 7 nitrogen and oxygen atoms in total. The molecule has 0 spiro atoms. The summed E-state index contributed by atoms with van der Waals surface area (Å²) < 4.78 is 45.4. The number of nitrogens with one attached hydrogen (secondary N) is 1. The summed E-state index contributed by atoms with van der Waals surface area (Å²) in [7, 11) is -1.37. The molecular weight excluding hydrogens is 317 g/mol. The second-order valence-corrected chi connectivity index (χ2v) is 6.13. The molecule has 0 atom stereocenters. The van der Waals surface area contributed by atoms with Crippen LogP contribution in [-0.4, -0.2) is 40.8 Å². The van der Waals surface area contributed by atoms with E-state index in [1.54, 1.807) is 0 Å². The summed E-state index contributed by atoms with van der Waals surface area (Å²) in [5.74, 6) is -2.68. The normalized spacial score (nSPS) is 11.7. The van der Waals surface area contributed by atoms with Crippen molar-refractivity contribution in [1.29, 1.82) is 0 Å². The first-order valence-electron chi connectivity index (χ1n) is 5.83. The van der Waals surface area contributed by atoms with Crippen LogP contribution in [0.3, 0.4) is 0 Å². The Labute approximate surface area is 126 Å². The SMILES string of the molecule is COC(=O)/C=C(/Nc1ccc(S(C)(=O)=O)cc1F)C(=O)OC. The first kappa shape index (κ1) is 17.6. The minimum Gasteiger partial charge on any atom is -0.466 e. The quantitative estimate of drug-likeness (QED) is 0.631. The van der Waals surface area contributed by atoms with Crippen LogP contribution < -0.4 is 5.32 Å². The van der Waals surface area contributed by atoms with Gasteiger partial charge in [0.1, 0.15) is 11.5 Å². The van der Waals surface area contributed by atoms with Gasteiger partial charge >= 0.3 is 11.9 Å². The summed E-state index contributed by atoms with van der Waals surface area (Å²) in [6, 6.07) is 3.08. The number of halogens is 1. The maximum Gasteiger partial charge on any atom is 0.354 e. The number of carbonyl (C=O) groups excluding carboxylic acids is 2. The summed E-state index contributed by atoms with van der Waals surface area (Å²) in [5.41, 5.74) is -0.562. The highest BCUT2D eigenvalue weighted by Gasteiger charge is 2.16. The Morgan fingerprint density at radius 2 is 1.86 bits per heavy atom. The van der Waals surface area contributed by atoms with Crippen molar-refractivity contribution in [1.82, 2.24) is 0 Å². The molecule has 0 heterocycles. The molecule has 0 aromatic heterocycles. The van der Waals surface area contributed by atoms with E-state index in [0.29, 0.717) is 0 Å². The number of rotatable bonds is 5. The molecule has 0 unspecified atom stereocenters. The number of hydrogen-bond acceptors (Lipinski definition) is 7. The van der Waals surface area contributed by atoms with Crippen LogP contribution >= 0.6 is 0 Å². The number of carbonyl (C=O) groups is 2. The second-order valence-electron chi connectivity index (χ2n) is 4.11. The number of ether oxygens (including phenoxy) is 2. The maximum absolute atomic E-state index is 13.9. The summed E-state index contributed by atoms with van der Waals surface area (Å²) in [4.78, 5) is 22.5. The third kappa shape index (κ3) is 4.55. The van der Waals surface area contributed by atoms with E-state index in [4.69, 9.17) is 0 Å². The lowest BCUT2D eigenvalue weighted by Crippen LogP contribution is -2.16. The minimum atomic E-state index is -3.56. The van der Waals surface area contributed by atoms with Crippen LogP contribution in [0.2, 0.25) is 0 Å². The van der Waals surface area contributed by atoms with Gasteiger partial charge in [-0.1, -0.05) is 0 Å². The third-order valence-electron chi connectivity index (χ3n) is 2.51. The zero-order valence-corrected chi connectivity index (χ0v) is 12.9. The van der Waals surface area contributed by atoms with Crippen molar-refractivity contribution in [2.45, 2.75) is 4.90 Å². The first-order chi connectivity index (χ1) is 10.2. The topological polar surface area (TPSA) is 98.8 Å². The van der Waals surface area contributed by atoms with Crippen molar-refractivity contribution in [3.05, 3.63) is 35.8 Å². The van der Waals surface area contributed by atoms with Crippen LogP contribution in [0, 0.1) is 5.82 Å². The molecule has 1 aromatic carbocycles. The molecule has 0 amide bonds. The zero-order valence-electron chi connectivity index (χ0n) is 12.0. The van der Waals surface area contributed by atoms with Gasteiger partial charge in [-0.25, -0.2) is 22.4 Å². The predicted molar refractivity (Wildman–Crippen MR) is 75.2 cm³/mol. The van der Waals surface area contributed by atoms with E-state index in [-0.39, 0.29) is 16.3 Å². The molecular formula is C13H14FNO6S. The number of sulfone groups is 1. The molecule has 120 valence electrons. The van der Waals surface area contributed by atoms with E-state index in [2.05, 4.69) is 14.8 Å². The van der Waals surface area contributed by atoms with Crippen LogP contribution in [0.1, 0.15) is 0 Å². The summed E-state index contributed by atoms with van der Waals surface area (Å²) in [5, 5.41) is 2.36. The van der Waals surface area contributed by atoms with Gasteiger partial charge in [0.05, 0.1) is 30.9 Å². The first-order valence-corrected chi connectivity index (χ1v) is 7.72. The van der Waals surface area contributed by atoms with E-state index in [1.807, 2.05) is 0 Å². The smallest absolute Gasteiger partial charge is 0.354 e. The Bertz CT molecular complexity index is 726. The van der Waals surface area contributed by atoms with Crippen molar-refractivity contribution < 1.29 is 31.9 Å². The molecule has 1 N–H and O–H groups in total. The summed E-state index contributed by atoms with van der Waals surface area (Å²) in [6.07, 6.45) is 1.72. The zero-order chi connectivity index (χ0) is 16.9. The number of esters is 2. The lowest BCUT2D eigenvalue weighted by atomic mass is 10.3. The van der Waals surface area contributed by atoms with Gasteiger partial charge in [-0.15, -0.1) is 0 Å². The lowest BCUT2D eigenvalue weighted by Gasteiger charge is -2.10. The Hall–Kier alpha value is -2.42. The number of methoxy groups -OCH3 is 2. The van der Waals surface area contributed by atoms with Gasteiger partial charge in [0.15, 0.2) is 9.84 Å². The van der Waals surface area contributed by atoms with Gasteiger partial charge in [0.25, 0.3) is 0 Å². The van der Waals surface area contributed by atoms with Crippen molar-refractivity contribution in [2.24, 2.45) is 0 Å². The van der Waals surface area contributed by atoms with Crippen molar-refractivity contribution in [3.63, 3.8) is 0 Å². The summed E-state index contributed by atoms with van der Waals surface area (Å²) >= 11 is 0. The van der Waals surface area contributed by atoms with Crippen molar-refractivity contribution >= 4 is 27.5 Å². The van der Waals surface area contributed by atoms with E-state index < -0.39 is 27.6 Å². The van der Waals surface area contributed by atoms with Gasteiger partial charge in [-0.2, -0.15) is 0 Å². The standard InChI is InChI=1S/C13H14FNO6S/c1-20-12(16)7-11(13(17)21-2)15-10-5-4-8(6-9(10)14)22(3,18)19/h4-7,15H,1-3H3/b11-7+. The van der Waals surface area contributed by atoms with Crippen LogP contribution in [0.5, 0.6) is 0 Å². The van der Waals surface area contributed by atoms with Crippen LogP contribution in [0.25, 0.3) is 0 Å². The Morgan fingerprint density at radius 1 is 1.23 bits per heavy atom. The maximum atomic E-state index is 13.9. The fourth-order valence-corrected chi connectivity index (χ4v) is 2.04. The molecule has 0 saturated heterocycles. The van der Waals surface area contributed by atoms with Gasteiger partial charge < -0.3 is 14.8 Å². The Morgan fingerprint density at radius 3 is 2.32 bits per heavy atom. The molecule has 9 heteroatoms. The highest BCUT2D eigenvalue weighted by Crippen LogP contribution is 2.20. The number of benzene rings is 1. The van der Waals surface area contributed by atoms with Gasteiger partial charge in [0.2, 0.25) is 0 Å². The Kier molecular flexibility index (Phi) is 5.63. The molecule has 0 aliphatic heterocycles.